The normalized spacial score (nSPS) is 31.7. The van der Waals surface area contributed by atoms with Gasteiger partial charge in [-0.15, -0.1) is 0 Å². The standard InChI is InChI=1S/C15H27NO2/c1-2-3-9-15(17)18-12-13-7-6-11-16-10-5-4-8-14(13)16/h13-14H,2-12H2,1H3/p+1. The maximum atomic E-state index is 11.6. The fourth-order valence-electron chi connectivity index (χ4n) is 3.57. The number of ether oxygens (including phenoxy) is 1. The molecular formula is C15H28NO2+. The zero-order valence-corrected chi connectivity index (χ0v) is 11.7. The number of rotatable bonds is 5. The highest BCUT2D eigenvalue weighted by molar-refractivity contribution is 5.69. The number of fused-ring (bicyclic) bond motifs is 1. The number of unbranched alkanes of at least 4 members (excludes halogenated alkanes) is 1. The highest BCUT2D eigenvalue weighted by atomic mass is 16.5. The third-order valence-electron chi connectivity index (χ3n) is 4.62. The van der Waals surface area contributed by atoms with Crippen molar-refractivity contribution in [2.24, 2.45) is 5.92 Å². The molecule has 18 heavy (non-hydrogen) atoms. The van der Waals surface area contributed by atoms with Crippen LogP contribution in [0.5, 0.6) is 0 Å². The highest BCUT2D eigenvalue weighted by Crippen LogP contribution is 2.20. The maximum absolute atomic E-state index is 11.6. The monoisotopic (exact) mass is 254 g/mol. The van der Waals surface area contributed by atoms with Crippen molar-refractivity contribution >= 4 is 5.97 Å². The summed E-state index contributed by atoms with van der Waals surface area (Å²) in [6.45, 7) is 5.46. The van der Waals surface area contributed by atoms with Gasteiger partial charge in [-0.1, -0.05) is 13.3 Å². The Morgan fingerprint density at radius 3 is 2.89 bits per heavy atom. The number of nitrogens with one attached hydrogen (secondary N) is 1. The SMILES string of the molecule is CCCCC(=O)OCC1CCC[NH+]2CCCCC12. The molecule has 0 aromatic rings. The van der Waals surface area contributed by atoms with E-state index in [1.54, 1.807) is 4.90 Å². The molecule has 0 spiro atoms. The van der Waals surface area contributed by atoms with Gasteiger partial charge in [-0.05, 0) is 38.5 Å². The van der Waals surface area contributed by atoms with Crippen molar-refractivity contribution in [3.63, 3.8) is 0 Å². The Morgan fingerprint density at radius 1 is 1.22 bits per heavy atom. The number of hydrogen-bond acceptors (Lipinski definition) is 2. The molecule has 0 aliphatic carbocycles. The van der Waals surface area contributed by atoms with Crippen molar-refractivity contribution in [2.45, 2.75) is 64.3 Å². The van der Waals surface area contributed by atoms with E-state index in [1.807, 2.05) is 0 Å². The van der Waals surface area contributed by atoms with Crippen LogP contribution in [0.1, 0.15) is 58.3 Å². The number of carbonyl (C=O) groups excluding carboxylic acids is 1. The summed E-state index contributed by atoms with van der Waals surface area (Å²) in [4.78, 5) is 13.4. The minimum absolute atomic E-state index is 0.0137. The molecule has 0 saturated carbocycles. The number of hydrogen-bond donors (Lipinski definition) is 1. The lowest BCUT2D eigenvalue weighted by Crippen LogP contribution is -3.18. The first-order chi connectivity index (χ1) is 8.81. The summed E-state index contributed by atoms with van der Waals surface area (Å²) in [6.07, 6.45) is 9.29. The van der Waals surface area contributed by atoms with Crippen LogP contribution in [0.2, 0.25) is 0 Å². The fraction of sp³-hybridized carbons (Fsp3) is 0.933. The minimum Gasteiger partial charge on any atom is -0.465 e. The molecule has 0 aromatic carbocycles. The first-order valence-corrected chi connectivity index (χ1v) is 7.81. The summed E-state index contributed by atoms with van der Waals surface area (Å²) in [6, 6.07) is 0.770. The lowest BCUT2D eigenvalue weighted by Gasteiger charge is -2.41. The van der Waals surface area contributed by atoms with Gasteiger partial charge in [-0.25, -0.2) is 0 Å². The fourth-order valence-corrected chi connectivity index (χ4v) is 3.57. The van der Waals surface area contributed by atoms with Gasteiger partial charge >= 0.3 is 5.97 Å². The molecular weight excluding hydrogens is 226 g/mol. The molecule has 3 atom stereocenters. The van der Waals surface area contributed by atoms with Crippen LogP contribution in [0.15, 0.2) is 0 Å². The van der Waals surface area contributed by atoms with Gasteiger partial charge in [-0.2, -0.15) is 0 Å². The second-order valence-corrected chi connectivity index (χ2v) is 5.95. The Balaban J connectivity index is 1.75. The van der Waals surface area contributed by atoms with E-state index in [9.17, 15) is 4.79 Å². The van der Waals surface area contributed by atoms with Gasteiger partial charge in [0.2, 0.25) is 0 Å². The molecule has 2 rings (SSSR count). The predicted molar refractivity (Wildman–Crippen MR) is 71.5 cm³/mol. The number of quaternary nitrogens is 1. The molecule has 3 heteroatoms. The number of esters is 1. The summed E-state index contributed by atoms with van der Waals surface area (Å²) < 4.78 is 5.48. The van der Waals surface area contributed by atoms with Gasteiger partial charge in [0.05, 0.1) is 25.7 Å². The molecule has 0 radical (unpaired) electrons. The lowest BCUT2D eigenvalue weighted by molar-refractivity contribution is -0.940. The largest absolute Gasteiger partial charge is 0.465 e. The van der Waals surface area contributed by atoms with E-state index in [0.29, 0.717) is 18.9 Å². The average molecular weight is 254 g/mol. The molecule has 2 heterocycles. The van der Waals surface area contributed by atoms with E-state index in [2.05, 4.69) is 6.92 Å². The zero-order valence-electron chi connectivity index (χ0n) is 11.7. The van der Waals surface area contributed by atoms with Crippen LogP contribution in [0.25, 0.3) is 0 Å². The summed E-state index contributed by atoms with van der Waals surface area (Å²) in [5, 5.41) is 0. The van der Waals surface area contributed by atoms with Crippen molar-refractivity contribution in [2.75, 3.05) is 19.7 Å². The Morgan fingerprint density at radius 2 is 2.06 bits per heavy atom. The summed E-state index contributed by atoms with van der Waals surface area (Å²) in [7, 11) is 0. The van der Waals surface area contributed by atoms with Gasteiger partial charge in [0, 0.05) is 12.3 Å². The van der Waals surface area contributed by atoms with Crippen LogP contribution < -0.4 is 4.90 Å². The van der Waals surface area contributed by atoms with Crippen molar-refractivity contribution in [3.8, 4) is 0 Å². The van der Waals surface area contributed by atoms with Crippen LogP contribution in [0.3, 0.4) is 0 Å². The van der Waals surface area contributed by atoms with Crippen molar-refractivity contribution in [1.29, 1.82) is 0 Å². The van der Waals surface area contributed by atoms with Crippen molar-refractivity contribution < 1.29 is 14.4 Å². The molecule has 3 unspecified atom stereocenters. The van der Waals surface area contributed by atoms with E-state index in [4.69, 9.17) is 4.74 Å². The highest BCUT2D eigenvalue weighted by Gasteiger charge is 2.36. The van der Waals surface area contributed by atoms with E-state index in [-0.39, 0.29) is 5.97 Å². The molecule has 2 saturated heterocycles. The van der Waals surface area contributed by atoms with Gasteiger partial charge in [0.25, 0.3) is 0 Å². The Labute approximate surface area is 111 Å². The Bertz CT molecular complexity index is 265. The average Bonchev–Trinajstić information content (AvgIpc) is 2.42. The van der Waals surface area contributed by atoms with Crippen LogP contribution in [-0.2, 0) is 9.53 Å². The molecule has 2 fully saturated rings. The predicted octanol–water partition coefficient (Wildman–Crippen LogP) is 1.57. The lowest BCUT2D eigenvalue weighted by atomic mass is 9.84. The number of carbonyl (C=O) groups is 1. The zero-order chi connectivity index (χ0) is 12.8. The summed E-state index contributed by atoms with van der Waals surface area (Å²) in [5.41, 5.74) is 0. The summed E-state index contributed by atoms with van der Waals surface area (Å²) in [5.74, 6) is 0.638. The van der Waals surface area contributed by atoms with Gasteiger partial charge in [-0.3, -0.25) is 4.79 Å². The van der Waals surface area contributed by atoms with Crippen LogP contribution in [-0.4, -0.2) is 31.7 Å². The minimum atomic E-state index is 0.0137. The molecule has 0 aromatic heterocycles. The third-order valence-corrected chi connectivity index (χ3v) is 4.62. The molecule has 2 aliphatic rings. The molecule has 3 nitrogen and oxygen atoms in total. The van der Waals surface area contributed by atoms with Gasteiger partial charge in [0.15, 0.2) is 0 Å². The first-order valence-electron chi connectivity index (χ1n) is 7.81. The van der Waals surface area contributed by atoms with E-state index in [0.717, 1.165) is 18.9 Å². The maximum Gasteiger partial charge on any atom is 0.305 e. The van der Waals surface area contributed by atoms with Crippen LogP contribution in [0.4, 0.5) is 0 Å². The van der Waals surface area contributed by atoms with E-state index in [1.165, 1.54) is 45.2 Å². The molecule has 1 N–H and O–H groups in total. The quantitative estimate of drug-likeness (QED) is 0.755. The smallest absolute Gasteiger partial charge is 0.305 e. The molecule has 2 aliphatic heterocycles. The molecule has 0 bridgehead atoms. The number of piperidine rings is 2. The molecule has 104 valence electrons. The Hall–Kier alpha value is -0.570. The van der Waals surface area contributed by atoms with E-state index < -0.39 is 0 Å². The topological polar surface area (TPSA) is 30.7 Å². The van der Waals surface area contributed by atoms with Gasteiger partial charge in [0.1, 0.15) is 0 Å². The Kier molecular flexibility index (Phi) is 5.48. The van der Waals surface area contributed by atoms with Crippen LogP contribution >= 0.6 is 0 Å². The van der Waals surface area contributed by atoms with Crippen molar-refractivity contribution in [3.05, 3.63) is 0 Å². The van der Waals surface area contributed by atoms with Crippen molar-refractivity contribution in [1.82, 2.24) is 0 Å². The van der Waals surface area contributed by atoms with Gasteiger partial charge < -0.3 is 9.64 Å². The van der Waals surface area contributed by atoms with E-state index >= 15 is 0 Å². The van der Waals surface area contributed by atoms with Crippen LogP contribution in [0, 0.1) is 5.92 Å². The first kappa shape index (κ1) is 13.9. The molecule has 0 amide bonds. The summed E-state index contributed by atoms with van der Waals surface area (Å²) >= 11 is 0. The second-order valence-electron chi connectivity index (χ2n) is 5.95. The third kappa shape index (κ3) is 3.71. The second kappa shape index (κ2) is 7.13.